The molecule has 0 aliphatic heterocycles. The van der Waals surface area contributed by atoms with Gasteiger partial charge in [-0.1, -0.05) is 60.1 Å². The van der Waals surface area contributed by atoms with E-state index in [-0.39, 0.29) is 18.0 Å². The lowest BCUT2D eigenvalue weighted by Gasteiger charge is -2.15. The first-order valence-electron chi connectivity index (χ1n) is 8.98. The molecule has 0 spiro atoms. The first kappa shape index (κ1) is 18.7. The fraction of sp³-hybridized carbons (Fsp3) is 0.0455. The van der Waals surface area contributed by atoms with Gasteiger partial charge in [0.1, 0.15) is 0 Å². The van der Waals surface area contributed by atoms with Crippen molar-refractivity contribution in [3.8, 4) is 11.4 Å². The topological polar surface area (TPSA) is 76.0 Å². The fourth-order valence-electron chi connectivity index (χ4n) is 2.96. The van der Waals surface area contributed by atoms with Gasteiger partial charge in [-0.25, -0.2) is 4.98 Å². The average molecular weight is 405 g/mol. The van der Waals surface area contributed by atoms with Crippen LogP contribution in [0.25, 0.3) is 22.3 Å². The molecule has 1 amide bonds. The lowest BCUT2D eigenvalue weighted by Crippen LogP contribution is -2.37. The van der Waals surface area contributed by atoms with E-state index in [2.05, 4.69) is 15.7 Å². The van der Waals surface area contributed by atoms with E-state index in [1.165, 1.54) is 4.68 Å². The molecule has 0 aliphatic rings. The molecule has 0 fully saturated rings. The Morgan fingerprint density at radius 1 is 0.966 bits per heavy atom. The number of hydrogen-bond donors (Lipinski definition) is 2. The van der Waals surface area contributed by atoms with Gasteiger partial charge in [-0.3, -0.25) is 15.0 Å². The molecule has 2 N–H and O–H groups in total. The highest BCUT2D eigenvalue weighted by Crippen LogP contribution is 2.18. The number of rotatable bonds is 5. The van der Waals surface area contributed by atoms with Gasteiger partial charge in [-0.2, -0.15) is 4.68 Å². The van der Waals surface area contributed by atoms with Gasteiger partial charge in [0.2, 0.25) is 0 Å². The summed E-state index contributed by atoms with van der Waals surface area (Å²) in [4.78, 5) is 30.2. The number of halogens is 1. The maximum absolute atomic E-state index is 13.0. The number of nitrogens with one attached hydrogen (secondary N) is 2. The highest BCUT2D eigenvalue weighted by atomic mass is 35.5. The van der Waals surface area contributed by atoms with Gasteiger partial charge >= 0.3 is 0 Å². The number of benzene rings is 3. The summed E-state index contributed by atoms with van der Waals surface area (Å²) in [7, 11) is 0. The Balaban J connectivity index is 1.67. The molecule has 4 rings (SSSR count). The van der Waals surface area contributed by atoms with Crippen molar-refractivity contribution in [3.63, 3.8) is 0 Å². The summed E-state index contributed by atoms with van der Waals surface area (Å²) in [6.07, 6.45) is 0. The summed E-state index contributed by atoms with van der Waals surface area (Å²) in [5.74, 6) is -0.0215. The molecule has 0 radical (unpaired) electrons. The average Bonchev–Trinajstić information content (AvgIpc) is 2.75. The van der Waals surface area contributed by atoms with Crippen LogP contribution in [0.1, 0.15) is 0 Å². The molecule has 0 bridgehead atoms. The van der Waals surface area contributed by atoms with E-state index in [0.717, 1.165) is 5.56 Å². The molecule has 0 aliphatic carbocycles. The standard InChI is InChI=1S/C22H17ClN4O2/c23-16-9-6-10-17(13-16)24-14-20(28)26-27-21(15-7-2-1-3-8-15)25-19-12-5-4-11-18(19)22(27)29/h1-13,24H,14H2,(H,26,28). The fourth-order valence-corrected chi connectivity index (χ4v) is 3.15. The molecule has 3 aromatic carbocycles. The van der Waals surface area contributed by atoms with Crippen molar-refractivity contribution in [1.82, 2.24) is 9.66 Å². The van der Waals surface area contributed by atoms with E-state index in [0.29, 0.717) is 27.4 Å². The second-order valence-corrected chi connectivity index (χ2v) is 6.79. The van der Waals surface area contributed by atoms with E-state index >= 15 is 0 Å². The van der Waals surface area contributed by atoms with Gasteiger partial charge in [-0.15, -0.1) is 0 Å². The number of aromatic nitrogens is 2. The first-order valence-corrected chi connectivity index (χ1v) is 9.36. The Hall–Kier alpha value is -3.64. The van der Waals surface area contributed by atoms with Crippen LogP contribution >= 0.6 is 11.6 Å². The molecule has 1 heterocycles. The van der Waals surface area contributed by atoms with Crippen LogP contribution < -0.4 is 16.3 Å². The molecule has 144 valence electrons. The third-order valence-corrected chi connectivity index (χ3v) is 4.56. The third kappa shape index (κ3) is 4.12. The maximum atomic E-state index is 13.0. The Labute approximate surface area is 171 Å². The quantitative estimate of drug-likeness (QED) is 0.529. The van der Waals surface area contributed by atoms with Crippen molar-refractivity contribution >= 4 is 34.1 Å². The van der Waals surface area contributed by atoms with E-state index < -0.39 is 0 Å². The van der Waals surface area contributed by atoms with Gasteiger partial charge in [0.25, 0.3) is 11.5 Å². The van der Waals surface area contributed by atoms with Crippen LogP contribution in [0.4, 0.5) is 5.69 Å². The van der Waals surface area contributed by atoms with Gasteiger partial charge in [-0.05, 0) is 30.3 Å². The van der Waals surface area contributed by atoms with E-state index in [1.807, 2.05) is 36.4 Å². The molecule has 0 atom stereocenters. The van der Waals surface area contributed by atoms with Crippen LogP contribution in [0.3, 0.4) is 0 Å². The third-order valence-electron chi connectivity index (χ3n) is 4.32. The number of para-hydroxylation sites is 1. The summed E-state index contributed by atoms with van der Waals surface area (Å²) in [6.45, 7) is -0.0339. The van der Waals surface area contributed by atoms with Crippen LogP contribution in [0.15, 0.2) is 83.7 Å². The summed E-state index contributed by atoms with van der Waals surface area (Å²) in [6, 6.07) is 23.4. The molecule has 0 saturated heterocycles. The molecular formula is C22H17ClN4O2. The lowest BCUT2D eigenvalue weighted by molar-refractivity contribution is -0.115. The summed E-state index contributed by atoms with van der Waals surface area (Å²) in [5, 5.41) is 3.98. The van der Waals surface area contributed by atoms with Crippen molar-refractivity contribution in [2.75, 3.05) is 17.3 Å². The summed E-state index contributed by atoms with van der Waals surface area (Å²) >= 11 is 5.96. The number of amides is 1. The van der Waals surface area contributed by atoms with Gasteiger partial charge in [0.05, 0.1) is 17.4 Å². The smallest absolute Gasteiger partial charge is 0.280 e. The monoisotopic (exact) mass is 404 g/mol. The molecule has 0 unspecified atom stereocenters. The molecule has 29 heavy (non-hydrogen) atoms. The molecular weight excluding hydrogens is 388 g/mol. The van der Waals surface area contributed by atoms with Crippen molar-refractivity contribution in [3.05, 3.63) is 94.2 Å². The largest absolute Gasteiger partial charge is 0.376 e. The highest BCUT2D eigenvalue weighted by molar-refractivity contribution is 6.30. The molecule has 0 saturated carbocycles. The number of hydrogen-bond acceptors (Lipinski definition) is 4. The molecule has 7 heteroatoms. The minimum Gasteiger partial charge on any atom is -0.376 e. The molecule has 4 aromatic rings. The zero-order valence-electron chi connectivity index (χ0n) is 15.3. The van der Waals surface area contributed by atoms with E-state index in [1.54, 1.807) is 42.5 Å². The maximum Gasteiger partial charge on any atom is 0.280 e. The Bertz CT molecular complexity index is 1240. The number of anilines is 1. The number of carbonyl (C=O) groups excluding carboxylic acids is 1. The van der Waals surface area contributed by atoms with Crippen LogP contribution in [-0.2, 0) is 4.79 Å². The van der Waals surface area contributed by atoms with Crippen LogP contribution in [0.2, 0.25) is 5.02 Å². The zero-order valence-corrected chi connectivity index (χ0v) is 16.1. The van der Waals surface area contributed by atoms with Crippen LogP contribution in [0.5, 0.6) is 0 Å². The number of carbonyl (C=O) groups is 1. The van der Waals surface area contributed by atoms with Gasteiger partial charge in [0, 0.05) is 16.3 Å². The van der Waals surface area contributed by atoms with Crippen molar-refractivity contribution < 1.29 is 4.79 Å². The minimum absolute atomic E-state index is 0.0339. The SMILES string of the molecule is O=C(CNc1cccc(Cl)c1)Nn1c(-c2ccccc2)nc2ccccc2c1=O. The number of fused-ring (bicyclic) bond motifs is 1. The predicted molar refractivity (Wildman–Crippen MR) is 116 cm³/mol. The van der Waals surface area contributed by atoms with Crippen LogP contribution in [0, 0.1) is 0 Å². The Morgan fingerprint density at radius 2 is 1.72 bits per heavy atom. The van der Waals surface area contributed by atoms with Crippen molar-refractivity contribution in [2.24, 2.45) is 0 Å². The molecule has 6 nitrogen and oxygen atoms in total. The van der Waals surface area contributed by atoms with Crippen LogP contribution in [-0.4, -0.2) is 22.1 Å². The second-order valence-electron chi connectivity index (χ2n) is 6.36. The predicted octanol–water partition coefficient (Wildman–Crippen LogP) is 3.90. The van der Waals surface area contributed by atoms with Crippen molar-refractivity contribution in [2.45, 2.75) is 0 Å². The van der Waals surface area contributed by atoms with Gasteiger partial charge in [0.15, 0.2) is 5.82 Å². The molecule has 1 aromatic heterocycles. The highest BCUT2D eigenvalue weighted by Gasteiger charge is 2.14. The van der Waals surface area contributed by atoms with E-state index in [4.69, 9.17) is 11.6 Å². The number of nitrogens with zero attached hydrogens (tertiary/aromatic N) is 2. The Morgan fingerprint density at radius 3 is 2.52 bits per heavy atom. The Kier molecular flexibility index (Phi) is 5.27. The summed E-state index contributed by atoms with van der Waals surface area (Å²) < 4.78 is 1.19. The minimum atomic E-state index is -0.388. The zero-order chi connectivity index (χ0) is 20.2. The van der Waals surface area contributed by atoms with Crippen molar-refractivity contribution in [1.29, 1.82) is 0 Å². The second kappa shape index (κ2) is 8.16. The van der Waals surface area contributed by atoms with E-state index in [9.17, 15) is 9.59 Å². The lowest BCUT2D eigenvalue weighted by atomic mass is 10.2. The first-order chi connectivity index (χ1) is 14.1. The van der Waals surface area contributed by atoms with Gasteiger partial charge < -0.3 is 5.32 Å². The summed E-state index contributed by atoms with van der Waals surface area (Å²) in [5.41, 5.74) is 4.32. The normalized spacial score (nSPS) is 10.7.